The molecule has 144 valence electrons. The van der Waals surface area contributed by atoms with Crippen molar-refractivity contribution in [3.8, 4) is 0 Å². The maximum atomic E-state index is 12.2. The first-order chi connectivity index (χ1) is 13.6. The summed E-state index contributed by atoms with van der Waals surface area (Å²) in [4.78, 5) is 24.1. The van der Waals surface area contributed by atoms with Crippen molar-refractivity contribution < 1.29 is 9.59 Å². The summed E-state index contributed by atoms with van der Waals surface area (Å²) in [6.45, 7) is 2.07. The molecule has 0 saturated carbocycles. The minimum atomic E-state index is -0.523. The van der Waals surface area contributed by atoms with Gasteiger partial charge in [0.2, 0.25) is 11.0 Å². The number of aromatic nitrogens is 2. The molecule has 9 heteroatoms. The van der Waals surface area contributed by atoms with Gasteiger partial charge in [0.05, 0.1) is 5.25 Å². The molecule has 0 fully saturated rings. The number of benzene rings is 2. The Morgan fingerprint density at radius 1 is 1.04 bits per heavy atom. The van der Waals surface area contributed by atoms with Crippen LogP contribution in [0, 0.1) is 0 Å². The smallest absolute Gasteiger partial charge is 0.321 e. The minimum absolute atomic E-state index is 0.354. The Balaban J connectivity index is 1.45. The number of nitrogens with zero attached hydrogens (tertiary/aromatic N) is 2. The molecular weight excluding hydrogens is 394 g/mol. The molecule has 0 saturated heterocycles. The summed E-state index contributed by atoms with van der Waals surface area (Å²) >= 11 is 2.60. The van der Waals surface area contributed by atoms with E-state index in [1.54, 1.807) is 6.92 Å². The normalized spacial score (nSPS) is 11.5. The molecule has 2 aromatic carbocycles. The van der Waals surface area contributed by atoms with Gasteiger partial charge in [0.15, 0.2) is 4.34 Å². The van der Waals surface area contributed by atoms with Crippen molar-refractivity contribution in [3.05, 3.63) is 66.2 Å². The molecule has 3 aromatic rings. The fourth-order valence-corrected chi connectivity index (χ4v) is 4.11. The molecule has 1 heterocycles. The second kappa shape index (κ2) is 9.86. The molecule has 1 aromatic heterocycles. The van der Waals surface area contributed by atoms with E-state index < -0.39 is 11.3 Å². The number of hydrogen-bond acceptors (Lipinski definition) is 7. The maximum absolute atomic E-state index is 12.2. The Morgan fingerprint density at radius 3 is 2.43 bits per heavy atom. The van der Waals surface area contributed by atoms with Crippen molar-refractivity contribution in [2.75, 3.05) is 5.32 Å². The van der Waals surface area contributed by atoms with E-state index in [0.717, 1.165) is 11.3 Å². The van der Waals surface area contributed by atoms with Crippen LogP contribution in [-0.2, 0) is 11.3 Å². The van der Waals surface area contributed by atoms with Crippen molar-refractivity contribution in [1.82, 2.24) is 20.8 Å². The average molecular weight is 414 g/mol. The number of thioether (sulfide) groups is 1. The molecule has 0 aliphatic heterocycles. The lowest BCUT2D eigenvalue weighted by molar-refractivity contribution is -0.119. The van der Waals surface area contributed by atoms with Crippen LogP contribution in [0.4, 0.5) is 15.6 Å². The number of nitrogens with one attached hydrogen (secondary N) is 3. The van der Waals surface area contributed by atoms with Gasteiger partial charge in [-0.2, -0.15) is 0 Å². The quantitative estimate of drug-likeness (QED) is 0.510. The number of amides is 3. The van der Waals surface area contributed by atoms with Crippen molar-refractivity contribution in [2.45, 2.75) is 23.1 Å². The lowest BCUT2D eigenvalue weighted by Gasteiger charge is -2.10. The average Bonchev–Trinajstić information content (AvgIpc) is 3.14. The Hall–Kier alpha value is -2.91. The number of hydrogen-bond donors (Lipinski definition) is 3. The highest BCUT2D eigenvalue weighted by Crippen LogP contribution is 2.30. The van der Waals surface area contributed by atoms with E-state index in [0.29, 0.717) is 16.0 Å². The maximum Gasteiger partial charge on any atom is 0.321 e. The van der Waals surface area contributed by atoms with Gasteiger partial charge in [-0.15, -0.1) is 10.2 Å². The summed E-state index contributed by atoms with van der Waals surface area (Å²) < 4.78 is 0.644. The van der Waals surface area contributed by atoms with Gasteiger partial charge in [0, 0.05) is 12.2 Å². The largest absolute Gasteiger partial charge is 0.334 e. The van der Waals surface area contributed by atoms with Crippen LogP contribution in [0.3, 0.4) is 0 Å². The zero-order chi connectivity index (χ0) is 19.8. The first kappa shape index (κ1) is 19.8. The molecular formula is C19H19N5O2S2. The number of imide groups is 1. The van der Waals surface area contributed by atoms with Crippen molar-refractivity contribution in [3.63, 3.8) is 0 Å². The van der Waals surface area contributed by atoms with E-state index in [2.05, 4.69) is 26.1 Å². The molecule has 3 rings (SSSR count). The highest BCUT2D eigenvalue weighted by atomic mass is 32.2. The highest BCUT2D eigenvalue weighted by molar-refractivity contribution is 8.02. The van der Waals surface area contributed by atoms with Gasteiger partial charge in [0.1, 0.15) is 0 Å². The molecule has 1 atom stereocenters. The summed E-state index contributed by atoms with van der Waals surface area (Å²) in [5, 5.41) is 16.5. The van der Waals surface area contributed by atoms with Gasteiger partial charge in [-0.1, -0.05) is 71.6 Å². The van der Waals surface area contributed by atoms with Crippen LogP contribution in [0.25, 0.3) is 0 Å². The first-order valence-electron chi connectivity index (χ1n) is 8.55. The second-order valence-corrected chi connectivity index (χ2v) is 8.35. The predicted molar refractivity (Wildman–Crippen MR) is 112 cm³/mol. The summed E-state index contributed by atoms with van der Waals surface area (Å²) in [6, 6.07) is 18.6. The number of urea groups is 1. The Morgan fingerprint density at radius 2 is 1.71 bits per heavy atom. The third kappa shape index (κ3) is 6.07. The standard InChI is InChI=1S/C19H19N5O2S2/c1-13(16(25)22-17(26)20-12-14-8-4-2-5-9-14)27-19-24-23-18(28-19)21-15-10-6-3-7-11-15/h2-11,13H,12H2,1H3,(H,21,23)(H2,20,22,25,26)/t13-/m0/s1. The van der Waals surface area contributed by atoms with Crippen LogP contribution in [0.2, 0.25) is 0 Å². The monoisotopic (exact) mass is 413 g/mol. The van der Waals surface area contributed by atoms with Gasteiger partial charge in [-0.25, -0.2) is 4.79 Å². The van der Waals surface area contributed by atoms with E-state index in [-0.39, 0.29) is 5.91 Å². The molecule has 28 heavy (non-hydrogen) atoms. The van der Waals surface area contributed by atoms with E-state index >= 15 is 0 Å². The molecule has 7 nitrogen and oxygen atoms in total. The van der Waals surface area contributed by atoms with Crippen LogP contribution in [0.5, 0.6) is 0 Å². The number of anilines is 2. The summed E-state index contributed by atoms with van der Waals surface area (Å²) in [5.74, 6) is -0.386. The number of carbonyl (C=O) groups excluding carboxylic acids is 2. The Bertz CT molecular complexity index is 918. The number of carbonyl (C=O) groups is 2. The van der Waals surface area contributed by atoms with Crippen LogP contribution in [0.1, 0.15) is 12.5 Å². The van der Waals surface area contributed by atoms with Crippen LogP contribution >= 0.6 is 23.1 Å². The van der Waals surface area contributed by atoms with Gasteiger partial charge < -0.3 is 10.6 Å². The summed E-state index contributed by atoms with van der Waals surface area (Å²) in [6.07, 6.45) is 0. The minimum Gasteiger partial charge on any atom is -0.334 e. The Labute approximate surface area is 171 Å². The molecule has 0 spiro atoms. The van der Waals surface area contributed by atoms with Gasteiger partial charge in [-0.3, -0.25) is 10.1 Å². The van der Waals surface area contributed by atoms with E-state index in [9.17, 15) is 9.59 Å². The van der Waals surface area contributed by atoms with Crippen molar-refractivity contribution >= 4 is 45.9 Å². The van der Waals surface area contributed by atoms with Crippen LogP contribution in [0.15, 0.2) is 65.0 Å². The number of para-hydroxylation sites is 1. The highest BCUT2D eigenvalue weighted by Gasteiger charge is 2.19. The lowest BCUT2D eigenvalue weighted by atomic mass is 10.2. The zero-order valence-corrected chi connectivity index (χ0v) is 16.7. The van der Waals surface area contributed by atoms with Crippen molar-refractivity contribution in [1.29, 1.82) is 0 Å². The van der Waals surface area contributed by atoms with Gasteiger partial charge in [0.25, 0.3) is 0 Å². The molecule has 0 unspecified atom stereocenters. The summed E-state index contributed by atoms with van der Waals surface area (Å²) in [7, 11) is 0. The fourth-order valence-electron chi connectivity index (χ4n) is 2.19. The van der Waals surface area contributed by atoms with E-state index in [1.807, 2.05) is 60.7 Å². The third-order valence-corrected chi connectivity index (χ3v) is 5.63. The van der Waals surface area contributed by atoms with Crippen LogP contribution < -0.4 is 16.0 Å². The number of rotatable bonds is 7. The van der Waals surface area contributed by atoms with Gasteiger partial charge in [-0.05, 0) is 24.6 Å². The first-order valence-corrected chi connectivity index (χ1v) is 10.2. The van der Waals surface area contributed by atoms with Crippen LogP contribution in [-0.4, -0.2) is 27.4 Å². The molecule has 0 radical (unpaired) electrons. The van der Waals surface area contributed by atoms with Gasteiger partial charge >= 0.3 is 6.03 Å². The summed E-state index contributed by atoms with van der Waals surface area (Å²) in [5.41, 5.74) is 1.87. The molecule has 0 aliphatic carbocycles. The zero-order valence-electron chi connectivity index (χ0n) is 15.1. The lowest BCUT2D eigenvalue weighted by Crippen LogP contribution is -2.42. The molecule has 3 amide bonds. The van der Waals surface area contributed by atoms with E-state index in [1.165, 1.54) is 23.1 Å². The fraction of sp³-hybridized carbons (Fsp3) is 0.158. The Kier molecular flexibility index (Phi) is 6.99. The SMILES string of the molecule is C[C@H](Sc1nnc(Nc2ccccc2)s1)C(=O)NC(=O)NCc1ccccc1. The molecule has 0 bridgehead atoms. The molecule has 3 N–H and O–H groups in total. The van der Waals surface area contributed by atoms with Crippen molar-refractivity contribution in [2.24, 2.45) is 0 Å². The third-order valence-electron chi connectivity index (χ3n) is 3.61. The topological polar surface area (TPSA) is 96.0 Å². The molecule has 0 aliphatic rings. The van der Waals surface area contributed by atoms with E-state index in [4.69, 9.17) is 0 Å². The predicted octanol–water partition coefficient (Wildman–Crippen LogP) is 3.79. The second-order valence-electron chi connectivity index (χ2n) is 5.78.